The number of halogens is 2. The zero-order valence-electron chi connectivity index (χ0n) is 16.6. The molecule has 2 heterocycles. The number of aromatic nitrogens is 1. The smallest absolute Gasteiger partial charge is 0.260 e. The van der Waals surface area contributed by atoms with E-state index in [-0.39, 0.29) is 34.3 Å². The van der Waals surface area contributed by atoms with Crippen molar-refractivity contribution in [2.45, 2.75) is 42.6 Å². The van der Waals surface area contributed by atoms with Crippen LogP contribution in [-0.2, 0) is 10.0 Å². The molecule has 0 aliphatic carbocycles. The maximum atomic E-state index is 14.0. The molecule has 0 radical (unpaired) electrons. The molecule has 8 nitrogen and oxygen atoms in total. The number of ether oxygens (including phenoxy) is 1. The summed E-state index contributed by atoms with van der Waals surface area (Å²) in [5.74, 6) is -0.821. The van der Waals surface area contributed by atoms with Crippen LogP contribution in [0.1, 0.15) is 25.3 Å². The molecule has 2 N–H and O–H groups in total. The lowest BCUT2D eigenvalue weighted by Crippen LogP contribution is -2.54. The average molecular weight is 470 g/mol. The number of β-amino-alcohol motifs (C(OH)–C–C–N with tert-alkyl or cyclic N) is 1. The third-order valence-electron chi connectivity index (χ3n) is 5.14. The zero-order chi connectivity index (χ0) is 22.8. The first kappa shape index (κ1) is 23.4. The number of hydrogen-bond donors (Lipinski definition) is 2. The minimum Gasteiger partial charge on any atom is -0.486 e. The standard InChI is InChI=1S/C20H21ClFN3O5S/c1-2-3-17(26)20(27)12-25(31(28,29)19-7-5-14(21)10-24-19)11-18(20)30-15-6-4-13(9-23)16(22)8-15/h4-8,10,17-18,26-27H,2-3,11-12H2,1H3/t17-,18-,20+/m0/s1. The summed E-state index contributed by atoms with van der Waals surface area (Å²) in [6, 6.07) is 7.84. The topological polar surface area (TPSA) is 124 Å². The molecule has 0 saturated carbocycles. The molecule has 0 amide bonds. The summed E-state index contributed by atoms with van der Waals surface area (Å²) in [7, 11) is -4.12. The second-order valence-electron chi connectivity index (χ2n) is 7.27. The molecule has 3 rings (SSSR count). The number of aliphatic hydroxyl groups excluding tert-OH is 1. The summed E-state index contributed by atoms with van der Waals surface area (Å²) in [6.07, 6.45) is -0.554. The van der Waals surface area contributed by atoms with E-state index in [2.05, 4.69) is 4.98 Å². The Labute approximate surface area is 184 Å². The molecule has 0 unspecified atom stereocenters. The summed E-state index contributed by atoms with van der Waals surface area (Å²) >= 11 is 5.78. The van der Waals surface area contributed by atoms with Gasteiger partial charge in [-0.25, -0.2) is 17.8 Å². The number of hydrogen-bond acceptors (Lipinski definition) is 7. The van der Waals surface area contributed by atoms with Crippen LogP contribution >= 0.6 is 11.6 Å². The number of sulfonamides is 1. The van der Waals surface area contributed by atoms with Crippen LogP contribution in [0.3, 0.4) is 0 Å². The molecule has 3 atom stereocenters. The van der Waals surface area contributed by atoms with Crippen LogP contribution < -0.4 is 4.74 Å². The van der Waals surface area contributed by atoms with Gasteiger partial charge in [0.25, 0.3) is 10.0 Å². The van der Waals surface area contributed by atoms with Crippen LogP contribution in [-0.4, -0.2) is 58.8 Å². The number of nitrogens with zero attached hydrogens (tertiary/aromatic N) is 3. The Morgan fingerprint density at radius 3 is 2.77 bits per heavy atom. The van der Waals surface area contributed by atoms with E-state index in [1.165, 1.54) is 30.5 Å². The Balaban J connectivity index is 1.93. The lowest BCUT2D eigenvalue weighted by molar-refractivity contribution is -0.114. The van der Waals surface area contributed by atoms with Crippen LogP contribution in [0.2, 0.25) is 5.02 Å². The molecule has 2 aromatic rings. The van der Waals surface area contributed by atoms with Gasteiger partial charge in [-0.15, -0.1) is 0 Å². The largest absolute Gasteiger partial charge is 0.486 e. The summed E-state index contributed by atoms with van der Waals surface area (Å²) in [5, 5.41) is 30.7. The lowest BCUT2D eigenvalue weighted by atomic mass is 9.90. The van der Waals surface area contributed by atoms with Gasteiger partial charge in [0.15, 0.2) is 5.03 Å². The Hall–Kier alpha value is -2.29. The van der Waals surface area contributed by atoms with E-state index in [1.54, 1.807) is 13.0 Å². The molecule has 1 aromatic carbocycles. The second-order valence-corrected chi connectivity index (χ2v) is 9.59. The molecule has 31 heavy (non-hydrogen) atoms. The van der Waals surface area contributed by atoms with E-state index in [0.717, 1.165) is 10.4 Å². The van der Waals surface area contributed by atoms with E-state index in [9.17, 15) is 23.0 Å². The van der Waals surface area contributed by atoms with Crippen molar-refractivity contribution in [1.82, 2.24) is 9.29 Å². The number of aliphatic hydroxyl groups is 2. The van der Waals surface area contributed by atoms with Crippen molar-refractivity contribution < 1.29 is 27.8 Å². The third kappa shape index (κ3) is 4.66. The highest BCUT2D eigenvalue weighted by atomic mass is 35.5. The third-order valence-corrected chi connectivity index (χ3v) is 7.09. The predicted molar refractivity (Wildman–Crippen MR) is 109 cm³/mol. The maximum absolute atomic E-state index is 14.0. The van der Waals surface area contributed by atoms with E-state index in [0.29, 0.717) is 6.42 Å². The van der Waals surface area contributed by atoms with E-state index in [1.807, 2.05) is 0 Å². The van der Waals surface area contributed by atoms with Crippen LogP contribution in [0.5, 0.6) is 5.75 Å². The van der Waals surface area contributed by atoms with Crippen molar-refractivity contribution in [1.29, 1.82) is 5.26 Å². The molecule has 1 saturated heterocycles. The number of nitriles is 1. The van der Waals surface area contributed by atoms with Gasteiger partial charge in [0, 0.05) is 18.8 Å². The Kier molecular flexibility index (Phi) is 6.83. The maximum Gasteiger partial charge on any atom is 0.260 e. The van der Waals surface area contributed by atoms with Gasteiger partial charge in [-0.2, -0.15) is 9.57 Å². The minimum atomic E-state index is -4.12. The number of rotatable bonds is 7. The van der Waals surface area contributed by atoms with Crippen molar-refractivity contribution in [3.8, 4) is 11.8 Å². The second kappa shape index (κ2) is 9.06. The average Bonchev–Trinajstić information content (AvgIpc) is 3.07. The molecule has 1 fully saturated rings. The summed E-state index contributed by atoms with van der Waals surface area (Å²) in [6.45, 7) is 1.06. The predicted octanol–water partition coefficient (Wildman–Crippen LogP) is 2.09. The first-order valence-corrected chi connectivity index (χ1v) is 11.3. The fourth-order valence-electron chi connectivity index (χ4n) is 3.43. The Bertz CT molecular complexity index is 1090. The molecule has 0 bridgehead atoms. The van der Waals surface area contributed by atoms with Gasteiger partial charge < -0.3 is 14.9 Å². The summed E-state index contributed by atoms with van der Waals surface area (Å²) < 4.78 is 46.7. The molecular formula is C20H21ClFN3O5S. The fraction of sp³-hybridized carbons (Fsp3) is 0.400. The van der Waals surface area contributed by atoms with Crippen molar-refractivity contribution in [2.75, 3.05) is 13.1 Å². The van der Waals surface area contributed by atoms with Crippen LogP contribution in [0, 0.1) is 17.1 Å². The van der Waals surface area contributed by atoms with Crippen molar-refractivity contribution >= 4 is 21.6 Å². The fourth-order valence-corrected chi connectivity index (χ4v) is 4.94. The molecule has 1 aliphatic heterocycles. The normalized spacial score (nSPS) is 22.8. The molecule has 1 aromatic heterocycles. The first-order chi connectivity index (χ1) is 14.6. The van der Waals surface area contributed by atoms with E-state index < -0.39 is 40.2 Å². The SMILES string of the molecule is CCC[C@H](O)[C@]1(O)CN(S(=O)(=O)c2ccc(Cl)cn2)C[C@@H]1Oc1ccc(C#N)c(F)c1. The van der Waals surface area contributed by atoms with Gasteiger partial charge in [0.05, 0.1) is 23.2 Å². The number of benzene rings is 1. The monoisotopic (exact) mass is 469 g/mol. The molecule has 0 spiro atoms. The summed E-state index contributed by atoms with van der Waals surface area (Å²) in [4.78, 5) is 3.84. The van der Waals surface area contributed by atoms with Gasteiger partial charge in [0.1, 0.15) is 29.3 Å². The molecular weight excluding hydrogens is 449 g/mol. The molecule has 166 valence electrons. The molecule has 11 heteroatoms. The Morgan fingerprint density at radius 1 is 1.45 bits per heavy atom. The number of pyridine rings is 1. The van der Waals surface area contributed by atoms with Gasteiger partial charge in [-0.3, -0.25) is 0 Å². The van der Waals surface area contributed by atoms with Crippen LogP contribution in [0.4, 0.5) is 4.39 Å². The van der Waals surface area contributed by atoms with Gasteiger partial charge in [-0.05, 0) is 30.7 Å². The van der Waals surface area contributed by atoms with Crippen LogP contribution in [0.15, 0.2) is 41.6 Å². The highest BCUT2D eigenvalue weighted by Gasteiger charge is 2.55. The van der Waals surface area contributed by atoms with Crippen molar-refractivity contribution in [3.05, 3.63) is 52.9 Å². The summed E-state index contributed by atoms with van der Waals surface area (Å²) in [5.41, 5.74) is -2.13. The first-order valence-electron chi connectivity index (χ1n) is 9.50. The highest BCUT2D eigenvalue weighted by Crippen LogP contribution is 2.34. The lowest BCUT2D eigenvalue weighted by Gasteiger charge is -2.33. The van der Waals surface area contributed by atoms with Crippen molar-refractivity contribution in [2.24, 2.45) is 0 Å². The quantitative estimate of drug-likeness (QED) is 0.636. The van der Waals surface area contributed by atoms with E-state index in [4.69, 9.17) is 21.6 Å². The highest BCUT2D eigenvalue weighted by molar-refractivity contribution is 7.89. The van der Waals surface area contributed by atoms with Gasteiger partial charge >= 0.3 is 0 Å². The van der Waals surface area contributed by atoms with Crippen LogP contribution in [0.25, 0.3) is 0 Å². The Morgan fingerprint density at radius 2 is 2.19 bits per heavy atom. The van der Waals surface area contributed by atoms with Gasteiger partial charge in [0.2, 0.25) is 0 Å². The van der Waals surface area contributed by atoms with Gasteiger partial charge in [-0.1, -0.05) is 24.9 Å². The zero-order valence-corrected chi connectivity index (χ0v) is 18.1. The van der Waals surface area contributed by atoms with Crippen molar-refractivity contribution in [3.63, 3.8) is 0 Å². The minimum absolute atomic E-state index is 0.00695. The van der Waals surface area contributed by atoms with E-state index >= 15 is 0 Å². The molecule has 1 aliphatic rings.